The van der Waals surface area contributed by atoms with E-state index in [9.17, 15) is 9.59 Å². The number of thioether (sulfide) groups is 1. The van der Waals surface area contributed by atoms with Crippen molar-refractivity contribution in [1.82, 2.24) is 4.90 Å². The Labute approximate surface area is 207 Å². The van der Waals surface area contributed by atoms with Gasteiger partial charge in [0.15, 0.2) is 4.87 Å². The van der Waals surface area contributed by atoms with Crippen LogP contribution in [-0.4, -0.2) is 43.2 Å². The van der Waals surface area contributed by atoms with Gasteiger partial charge in [-0.2, -0.15) is 0 Å². The van der Waals surface area contributed by atoms with Gasteiger partial charge < -0.3 is 19.3 Å². The second-order valence-corrected chi connectivity index (χ2v) is 9.81. The molecule has 0 aromatic heterocycles. The Kier molecular flexibility index (Phi) is 5.91. The van der Waals surface area contributed by atoms with Crippen LogP contribution in [0.3, 0.4) is 0 Å². The van der Waals surface area contributed by atoms with Crippen LogP contribution in [0.5, 0.6) is 11.5 Å². The summed E-state index contributed by atoms with van der Waals surface area (Å²) < 4.78 is 10.7. The molecule has 3 aromatic rings. The monoisotopic (exact) mass is 494 g/mol. The molecule has 2 aliphatic heterocycles. The van der Waals surface area contributed by atoms with Gasteiger partial charge in [0, 0.05) is 28.4 Å². The summed E-state index contributed by atoms with van der Waals surface area (Å²) in [6.45, 7) is 0.805. The van der Waals surface area contributed by atoms with Gasteiger partial charge in [-0.05, 0) is 54.1 Å². The second-order valence-electron chi connectivity index (χ2n) is 8.09. The zero-order valence-electron chi connectivity index (χ0n) is 18.8. The number of methoxy groups -OCH3 is 2. The van der Waals surface area contributed by atoms with Gasteiger partial charge in [-0.25, -0.2) is 0 Å². The lowest BCUT2D eigenvalue weighted by atomic mass is 10.0. The molecular formula is C26H23ClN2O4S. The van der Waals surface area contributed by atoms with Crippen LogP contribution in [-0.2, 0) is 16.2 Å². The van der Waals surface area contributed by atoms with Gasteiger partial charge in [0.2, 0.25) is 0 Å². The van der Waals surface area contributed by atoms with E-state index in [4.69, 9.17) is 21.1 Å². The molecule has 174 valence electrons. The predicted molar refractivity (Wildman–Crippen MR) is 134 cm³/mol. The number of ether oxygens (including phenoxy) is 2. The molecule has 0 unspecified atom stereocenters. The van der Waals surface area contributed by atoms with Crippen LogP contribution >= 0.6 is 23.4 Å². The van der Waals surface area contributed by atoms with Crippen molar-refractivity contribution in [2.75, 3.05) is 31.4 Å². The van der Waals surface area contributed by atoms with E-state index in [1.165, 1.54) is 11.8 Å². The van der Waals surface area contributed by atoms with Crippen LogP contribution in [0.4, 0.5) is 5.69 Å². The standard InChI is InChI=1S/C26H23ClN2O4S/c1-32-20-7-3-5-17(13-20)16-28-23-10-9-19(27)15-22(23)26(25(28)31)29(11-12-34-26)24(30)18-6-4-8-21(14-18)33-2/h3-10,13-15H,11-12,16H2,1-2H3/t26-/m0/s1. The average Bonchev–Trinajstić information content (AvgIpc) is 3.40. The van der Waals surface area contributed by atoms with E-state index in [1.54, 1.807) is 54.4 Å². The van der Waals surface area contributed by atoms with Crippen molar-refractivity contribution >= 4 is 40.9 Å². The maximum Gasteiger partial charge on any atom is 0.268 e. The van der Waals surface area contributed by atoms with E-state index >= 15 is 0 Å². The number of carbonyl (C=O) groups is 2. The average molecular weight is 495 g/mol. The summed E-state index contributed by atoms with van der Waals surface area (Å²) >= 11 is 7.86. The van der Waals surface area contributed by atoms with Crippen LogP contribution in [0, 0.1) is 0 Å². The predicted octanol–water partition coefficient (Wildman–Crippen LogP) is 4.95. The fourth-order valence-corrected chi connectivity index (χ4v) is 6.23. The molecule has 0 bridgehead atoms. The topological polar surface area (TPSA) is 59.1 Å². The van der Waals surface area contributed by atoms with E-state index < -0.39 is 4.87 Å². The molecule has 34 heavy (non-hydrogen) atoms. The molecule has 5 rings (SSSR count). The molecule has 0 saturated carbocycles. The number of nitrogens with zero attached hydrogens (tertiary/aromatic N) is 2. The van der Waals surface area contributed by atoms with Crippen molar-refractivity contribution < 1.29 is 19.1 Å². The van der Waals surface area contributed by atoms with Crippen LogP contribution < -0.4 is 14.4 Å². The maximum absolute atomic E-state index is 14.1. The highest BCUT2D eigenvalue weighted by molar-refractivity contribution is 8.01. The molecule has 1 fully saturated rings. The van der Waals surface area contributed by atoms with Gasteiger partial charge >= 0.3 is 0 Å². The minimum absolute atomic E-state index is 0.147. The normalized spacial score (nSPS) is 19.0. The first-order valence-corrected chi connectivity index (χ1v) is 12.2. The van der Waals surface area contributed by atoms with Gasteiger partial charge in [0.25, 0.3) is 11.8 Å². The largest absolute Gasteiger partial charge is 0.497 e. The Morgan fingerprint density at radius 2 is 1.76 bits per heavy atom. The Hall–Kier alpha value is -3.16. The van der Waals surface area contributed by atoms with Crippen molar-refractivity contribution in [3.8, 4) is 11.5 Å². The molecule has 1 atom stereocenters. The molecule has 8 heteroatoms. The van der Waals surface area contributed by atoms with E-state index in [-0.39, 0.29) is 11.8 Å². The van der Waals surface area contributed by atoms with Crippen LogP contribution in [0.1, 0.15) is 21.5 Å². The van der Waals surface area contributed by atoms with Crippen molar-refractivity contribution in [2.24, 2.45) is 0 Å². The fraction of sp³-hybridized carbons (Fsp3) is 0.231. The summed E-state index contributed by atoms with van der Waals surface area (Å²) in [5.41, 5.74) is 2.91. The number of fused-ring (bicyclic) bond motifs is 2. The Morgan fingerprint density at radius 1 is 1.03 bits per heavy atom. The Balaban J connectivity index is 1.58. The molecule has 0 aliphatic carbocycles. The summed E-state index contributed by atoms with van der Waals surface area (Å²) in [5.74, 6) is 1.59. The molecule has 0 radical (unpaired) electrons. The van der Waals surface area contributed by atoms with Crippen LogP contribution in [0.25, 0.3) is 0 Å². The number of amides is 2. The molecule has 0 N–H and O–H groups in total. The zero-order valence-corrected chi connectivity index (χ0v) is 20.4. The smallest absolute Gasteiger partial charge is 0.268 e. The van der Waals surface area contributed by atoms with Crippen molar-refractivity contribution in [2.45, 2.75) is 11.4 Å². The molecule has 6 nitrogen and oxygen atoms in total. The minimum atomic E-state index is -1.17. The van der Waals surface area contributed by atoms with E-state index in [1.807, 2.05) is 36.4 Å². The van der Waals surface area contributed by atoms with Gasteiger partial charge in [0.05, 0.1) is 26.5 Å². The highest BCUT2D eigenvalue weighted by atomic mass is 35.5. The third kappa shape index (κ3) is 3.60. The second kappa shape index (κ2) is 8.89. The molecule has 1 spiro atoms. The first kappa shape index (κ1) is 22.6. The lowest BCUT2D eigenvalue weighted by Crippen LogP contribution is -2.50. The highest BCUT2D eigenvalue weighted by Crippen LogP contribution is 2.55. The molecule has 2 aliphatic rings. The number of hydrogen-bond donors (Lipinski definition) is 0. The number of rotatable bonds is 5. The first-order chi connectivity index (χ1) is 16.5. The van der Waals surface area contributed by atoms with Crippen molar-refractivity contribution in [3.05, 3.63) is 88.4 Å². The Bertz CT molecular complexity index is 1280. The number of carbonyl (C=O) groups excluding carboxylic acids is 2. The van der Waals surface area contributed by atoms with Crippen molar-refractivity contribution in [1.29, 1.82) is 0 Å². The number of hydrogen-bond acceptors (Lipinski definition) is 5. The van der Waals surface area contributed by atoms with Gasteiger partial charge in [-0.15, -0.1) is 11.8 Å². The summed E-state index contributed by atoms with van der Waals surface area (Å²) in [7, 11) is 3.18. The first-order valence-electron chi connectivity index (χ1n) is 10.8. The SMILES string of the molecule is COc1cccc(CN2C(=O)[C@@]3(SCCN3C(=O)c3cccc(OC)c3)c3cc(Cl)ccc32)c1. The summed E-state index contributed by atoms with van der Waals surface area (Å²) in [6.07, 6.45) is 0. The quantitative estimate of drug-likeness (QED) is 0.502. The maximum atomic E-state index is 14.1. The molecule has 2 amide bonds. The molecule has 1 saturated heterocycles. The van der Waals surface area contributed by atoms with E-state index in [0.29, 0.717) is 35.2 Å². The Morgan fingerprint density at radius 3 is 2.53 bits per heavy atom. The molecular weight excluding hydrogens is 472 g/mol. The van der Waals surface area contributed by atoms with E-state index in [0.717, 1.165) is 22.6 Å². The van der Waals surface area contributed by atoms with Crippen molar-refractivity contribution in [3.63, 3.8) is 0 Å². The fourth-order valence-electron chi connectivity index (χ4n) is 4.61. The van der Waals surface area contributed by atoms with Gasteiger partial charge in [0.1, 0.15) is 11.5 Å². The van der Waals surface area contributed by atoms with E-state index in [2.05, 4.69) is 0 Å². The lowest BCUT2D eigenvalue weighted by Gasteiger charge is -2.33. The zero-order chi connectivity index (χ0) is 23.9. The summed E-state index contributed by atoms with van der Waals surface area (Å²) in [5, 5.41) is 0.524. The molecule has 2 heterocycles. The number of anilines is 1. The van der Waals surface area contributed by atoms with Gasteiger partial charge in [-0.1, -0.05) is 29.8 Å². The van der Waals surface area contributed by atoms with Crippen LogP contribution in [0.2, 0.25) is 5.02 Å². The lowest BCUT2D eigenvalue weighted by molar-refractivity contribution is -0.123. The minimum Gasteiger partial charge on any atom is -0.497 e. The van der Waals surface area contributed by atoms with Gasteiger partial charge in [-0.3, -0.25) is 9.59 Å². The third-order valence-electron chi connectivity index (χ3n) is 6.19. The highest BCUT2D eigenvalue weighted by Gasteiger charge is 2.59. The number of halogens is 1. The summed E-state index contributed by atoms with van der Waals surface area (Å²) in [4.78, 5) is 30.1. The summed E-state index contributed by atoms with van der Waals surface area (Å²) in [6, 6.07) is 20.1. The van der Waals surface area contributed by atoms with Crippen LogP contribution in [0.15, 0.2) is 66.7 Å². The number of benzene rings is 3. The molecule has 3 aromatic carbocycles. The third-order valence-corrected chi connectivity index (χ3v) is 7.85.